The van der Waals surface area contributed by atoms with E-state index in [1.54, 1.807) is 6.33 Å². The maximum Gasteiger partial charge on any atom is 0.137 e. The number of nitrogens with two attached hydrogens (primary N) is 1. The lowest BCUT2D eigenvalue weighted by atomic mass is 10.2. The summed E-state index contributed by atoms with van der Waals surface area (Å²) in [6.07, 6.45) is 3.57. The summed E-state index contributed by atoms with van der Waals surface area (Å²) < 4.78 is 5.43. The van der Waals surface area contributed by atoms with Gasteiger partial charge in [-0.3, -0.25) is 0 Å². The van der Waals surface area contributed by atoms with Crippen molar-refractivity contribution in [2.45, 2.75) is 19.8 Å². The van der Waals surface area contributed by atoms with Crippen LogP contribution in [0.15, 0.2) is 24.5 Å². The quantitative estimate of drug-likeness (QED) is 0.591. The van der Waals surface area contributed by atoms with Crippen LogP contribution in [0.5, 0.6) is 0 Å². The van der Waals surface area contributed by atoms with Gasteiger partial charge in [-0.1, -0.05) is 6.92 Å². The minimum absolute atomic E-state index is 0.713. The molecular weight excluding hydrogens is 240 g/mol. The van der Waals surface area contributed by atoms with Gasteiger partial charge in [-0.25, -0.2) is 9.97 Å². The standard InChI is InChI=1S/C14H20N4O/c1-2-7-19-8-3-6-16-14-12-5-4-11(15)9-13(12)17-10-18-14/h4-5,9-10H,2-3,6-8,15H2,1H3,(H,16,17,18). The molecule has 0 amide bonds. The van der Waals surface area contributed by atoms with E-state index < -0.39 is 0 Å². The van der Waals surface area contributed by atoms with Crippen molar-refractivity contribution in [2.24, 2.45) is 0 Å². The highest BCUT2D eigenvalue weighted by molar-refractivity contribution is 5.90. The molecule has 1 aromatic carbocycles. The first-order valence-electron chi connectivity index (χ1n) is 6.63. The molecule has 2 aromatic rings. The van der Waals surface area contributed by atoms with Crippen molar-refractivity contribution in [1.82, 2.24) is 9.97 Å². The van der Waals surface area contributed by atoms with Crippen molar-refractivity contribution in [3.8, 4) is 0 Å². The largest absolute Gasteiger partial charge is 0.399 e. The lowest BCUT2D eigenvalue weighted by molar-refractivity contribution is 0.134. The second kappa shape index (κ2) is 6.89. The van der Waals surface area contributed by atoms with Crippen LogP contribution in [0.4, 0.5) is 11.5 Å². The van der Waals surface area contributed by atoms with Crippen LogP contribution in [-0.4, -0.2) is 29.7 Å². The highest BCUT2D eigenvalue weighted by Gasteiger charge is 2.03. The fraction of sp³-hybridized carbons (Fsp3) is 0.429. The summed E-state index contributed by atoms with van der Waals surface area (Å²) in [5.74, 6) is 0.848. The molecule has 0 unspecified atom stereocenters. The molecule has 3 N–H and O–H groups in total. The summed E-state index contributed by atoms with van der Waals surface area (Å²) in [6.45, 7) is 4.55. The van der Waals surface area contributed by atoms with E-state index >= 15 is 0 Å². The summed E-state index contributed by atoms with van der Waals surface area (Å²) in [5, 5.41) is 4.30. The number of anilines is 2. The van der Waals surface area contributed by atoms with Crippen LogP contribution in [0, 0.1) is 0 Å². The first-order chi connectivity index (χ1) is 9.31. The zero-order valence-corrected chi connectivity index (χ0v) is 11.2. The van der Waals surface area contributed by atoms with E-state index in [1.807, 2.05) is 18.2 Å². The number of hydrogen-bond donors (Lipinski definition) is 2. The molecule has 102 valence electrons. The molecule has 0 fully saturated rings. The summed E-state index contributed by atoms with van der Waals surface area (Å²) in [4.78, 5) is 8.48. The molecule has 0 spiro atoms. The summed E-state index contributed by atoms with van der Waals surface area (Å²) in [7, 11) is 0. The monoisotopic (exact) mass is 260 g/mol. The number of fused-ring (bicyclic) bond motifs is 1. The Hall–Kier alpha value is -1.88. The van der Waals surface area contributed by atoms with Crippen LogP contribution in [0.2, 0.25) is 0 Å². The number of nitrogens with zero attached hydrogens (tertiary/aromatic N) is 2. The minimum atomic E-state index is 0.713. The number of ether oxygens (including phenoxy) is 1. The second-order valence-corrected chi connectivity index (χ2v) is 4.39. The zero-order chi connectivity index (χ0) is 13.5. The van der Waals surface area contributed by atoms with E-state index in [-0.39, 0.29) is 0 Å². The molecule has 0 bridgehead atoms. The van der Waals surface area contributed by atoms with Crippen LogP contribution >= 0.6 is 0 Å². The van der Waals surface area contributed by atoms with Gasteiger partial charge in [-0.05, 0) is 31.0 Å². The molecule has 0 aliphatic rings. The summed E-state index contributed by atoms with van der Waals surface area (Å²) >= 11 is 0. The van der Waals surface area contributed by atoms with E-state index in [0.29, 0.717) is 5.69 Å². The van der Waals surface area contributed by atoms with Crippen molar-refractivity contribution < 1.29 is 4.74 Å². The van der Waals surface area contributed by atoms with E-state index in [2.05, 4.69) is 22.2 Å². The van der Waals surface area contributed by atoms with Gasteiger partial charge in [0.2, 0.25) is 0 Å². The Morgan fingerprint density at radius 3 is 3.00 bits per heavy atom. The Balaban J connectivity index is 1.93. The van der Waals surface area contributed by atoms with Gasteiger partial charge in [0.25, 0.3) is 0 Å². The molecule has 1 heterocycles. The number of hydrogen-bond acceptors (Lipinski definition) is 5. The molecular formula is C14H20N4O. The van der Waals surface area contributed by atoms with E-state index in [4.69, 9.17) is 10.5 Å². The topological polar surface area (TPSA) is 73.1 Å². The van der Waals surface area contributed by atoms with E-state index in [9.17, 15) is 0 Å². The van der Waals surface area contributed by atoms with Crippen LogP contribution in [0.1, 0.15) is 19.8 Å². The van der Waals surface area contributed by atoms with Crippen LogP contribution in [0.3, 0.4) is 0 Å². The normalized spacial score (nSPS) is 10.8. The molecule has 0 saturated heterocycles. The third kappa shape index (κ3) is 3.79. The lowest BCUT2D eigenvalue weighted by Crippen LogP contribution is -2.08. The Morgan fingerprint density at radius 1 is 1.26 bits per heavy atom. The molecule has 0 aliphatic carbocycles. The third-order valence-electron chi connectivity index (χ3n) is 2.77. The molecule has 0 atom stereocenters. The molecule has 2 rings (SSSR count). The minimum Gasteiger partial charge on any atom is -0.399 e. The molecule has 5 nitrogen and oxygen atoms in total. The smallest absolute Gasteiger partial charge is 0.137 e. The van der Waals surface area contributed by atoms with Crippen LogP contribution in [-0.2, 0) is 4.74 Å². The number of rotatable bonds is 7. The Labute approximate surface area is 113 Å². The van der Waals surface area contributed by atoms with Gasteiger partial charge in [0.05, 0.1) is 5.52 Å². The first-order valence-corrected chi connectivity index (χ1v) is 6.63. The van der Waals surface area contributed by atoms with Crippen molar-refractivity contribution in [2.75, 3.05) is 30.8 Å². The van der Waals surface area contributed by atoms with Crippen molar-refractivity contribution in [3.63, 3.8) is 0 Å². The molecule has 5 heteroatoms. The van der Waals surface area contributed by atoms with Crippen LogP contribution < -0.4 is 11.1 Å². The first kappa shape index (κ1) is 13.5. The highest BCUT2D eigenvalue weighted by atomic mass is 16.5. The SMILES string of the molecule is CCCOCCCNc1ncnc2cc(N)ccc12. The van der Waals surface area contributed by atoms with Gasteiger partial charge in [0.15, 0.2) is 0 Å². The molecule has 0 radical (unpaired) electrons. The fourth-order valence-corrected chi connectivity index (χ4v) is 1.84. The maximum absolute atomic E-state index is 5.74. The van der Waals surface area contributed by atoms with E-state index in [0.717, 1.165) is 49.3 Å². The van der Waals surface area contributed by atoms with Gasteiger partial charge in [0.1, 0.15) is 12.1 Å². The third-order valence-corrected chi connectivity index (χ3v) is 2.77. The molecule has 1 aromatic heterocycles. The van der Waals surface area contributed by atoms with E-state index in [1.165, 1.54) is 0 Å². The van der Waals surface area contributed by atoms with Crippen molar-refractivity contribution in [3.05, 3.63) is 24.5 Å². The summed E-state index contributed by atoms with van der Waals surface area (Å²) in [5.41, 5.74) is 7.32. The van der Waals surface area contributed by atoms with Crippen molar-refractivity contribution >= 4 is 22.4 Å². The number of nitrogens with one attached hydrogen (secondary N) is 1. The highest BCUT2D eigenvalue weighted by Crippen LogP contribution is 2.20. The van der Waals surface area contributed by atoms with Gasteiger partial charge < -0.3 is 15.8 Å². The second-order valence-electron chi connectivity index (χ2n) is 4.39. The predicted molar refractivity (Wildman–Crippen MR) is 78.2 cm³/mol. The number of nitrogen functional groups attached to an aromatic ring is 1. The average Bonchev–Trinajstić information content (AvgIpc) is 2.42. The molecule has 0 saturated carbocycles. The molecule has 0 aliphatic heterocycles. The van der Waals surface area contributed by atoms with Gasteiger partial charge >= 0.3 is 0 Å². The number of aromatic nitrogens is 2. The fourth-order valence-electron chi connectivity index (χ4n) is 1.84. The average molecular weight is 260 g/mol. The lowest BCUT2D eigenvalue weighted by Gasteiger charge is -2.08. The van der Waals surface area contributed by atoms with Gasteiger partial charge in [-0.2, -0.15) is 0 Å². The maximum atomic E-state index is 5.74. The van der Waals surface area contributed by atoms with Crippen LogP contribution in [0.25, 0.3) is 10.9 Å². The van der Waals surface area contributed by atoms with Crippen molar-refractivity contribution in [1.29, 1.82) is 0 Å². The van der Waals surface area contributed by atoms with Gasteiger partial charge in [-0.15, -0.1) is 0 Å². The Kier molecular flexibility index (Phi) is 4.92. The number of benzene rings is 1. The summed E-state index contributed by atoms with van der Waals surface area (Å²) in [6, 6.07) is 5.66. The Morgan fingerprint density at radius 2 is 2.16 bits per heavy atom. The molecule has 19 heavy (non-hydrogen) atoms. The Bertz CT molecular complexity index is 530. The predicted octanol–water partition coefficient (Wildman–Crippen LogP) is 2.44. The zero-order valence-electron chi connectivity index (χ0n) is 11.2. The van der Waals surface area contributed by atoms with Gasteiger partial charge in [0, 0.05) is 30.8 Å².